The largest absolute Gasteiger partial charge is 0.505 e. The zero-order valence-corrected chi connectivity index (χ0v) is 11.2. The maximum Gasteiger partial charge on any atom is 0.347 e. The van der Waals surface area contributed by atoms with Crippen molar-refractivity contribution in [2.24, 2.45) is 0 Å². The first kappa shape index (κ1) is 12.6. The minimum Gasteiger partial charge on any atom is -0.505 e. The minimum atomic E-state index is -0.953. The molecule has 5 heteroatoms. The van der Waals surface area contributed by atoms with Gasteiger partial charge in [0, 0.05) is 10.8 Å². The molecule has 0 fully saturated rings. The molecule has 0 aliphatic carbocycles. The molecular formula is C17H9FO4. The van der Waals surface area contributed by atoms with Gasteiger partial charge in [0.05, 0.1) is 0 Å². The van der Waals surface area contributed by atoms with Crippen molar-refractivity contribution in [3.05, 3.63) is 64.8 Å². The standard InChI is InChI=1S/C17H9FO4/c18-15-12(19)6-5-10-7-11(17(20)22-16(10)15)14-8-9-3-1-2-4-13(9)21-14/h1-8,19H. The molecule has 0 unspecified atom stereocenters. The third-order valence-corrected chi connectivity index (χ3v) is 3.51. The lowest BCUT2D eigenvalue weighted by Gasteiger charge is -2.02. The summed E-state index contributed by atoms with van der Waals surface area (Å²) in [6, 6.07) is 13.2. The topological polar surface area (TPSA) is 63.6 Å². The van der Waals surface area contributed by atoms with Gasteiger partial charge in [0.15, 0.2) is 11.3 Å². The Morgan fingerprint density at radius 3 is 2.59 bits per heavy atom. The van der Waals surface area contributed by atoms with E-state index in [1.807, 2.05) is 18.2 Å². The summed E-state index contributed by atoms with van der Waals surface area (Å²) in [4.78, 5) is 12.1. The Bertz CT molecular complexity index is 1040. The van der Waals surface area contributed by atoms with Gasteiger partial charge < -0.3 is 13.9 Å². The van der Waals surface area contributed by atoms with Crippen LogP contribution in [0.4, 0.5) is 4.39 Å². The maximum absolute atomic E-state index is 13.8. The van der Waals surface area contributed by atoms with Crippen LogP contribution < -0.4 is 5.63 Å². The molecule has 4 rings (SSSR count). The van der Waals surface area contributed by atoms with Crippen LogP contribution in [-0.4, -0.2) is 5.11 Å². The summed E-state index contributed by atoms with van der Waals surface area (Å²) in [7, 11) is 0. The first-order valence-corrected chi connectivity index (χ1v) is 6.58. The minimum absolute atomic E-state index is 0.203. The van der Waals surface area contributed by atoms with E-state index < -0.39 is 17.2 Å². The molecule has 0 saturated carbocycles. The molecule has 0 amide bonds. The summed E-state index contributed by atoms with van der Waals surface area (Å²) in [5, 5.41) is 10.6. The molecular weight excluding hydrogens is 287 g/mol. The number of phenolic OH excluding ortho intramolecular Hbond substituents is 1. The Balaban J connectivity index is 2.00. The quantitative estimate of drug-likeness (QED) is 0.538. The third-order valence-electron chi connectivity index (χ3n) is 3.51. The molecule has 2 heterocycles. The number of para-hydroxylation sites is 1. The average molecular weight is 296 g/mol. The molecule has 22 heavy (non-hydrogen) atoms. The third kappa shape index (κ3) is 1.79. The van der Waals surface area contributed by atoms with E-state index in [2.05, 4.69) is 0 Å². The van der Waals surface area contributed by atoms with Crippen molar-refractivity contribution >= 4 is 21.9 Å². The normalized spacial score (nSPS) is 11.3. The van der Waals surface area contributed by atoms with E-state index in [0.717, 1.165) is 5.39 Å². The molecule has 108 valence electrons. The summed E-state index contributed by atoms with van der Waals surface area (Å²) < 4.78 is 24.4. The van der Waals surface area contributed by atoms with E-state index in [1.165, 1.54) is 18.2 Å². The number of fused-ring (bicyclic) bond motifs is 2. The summed E-state index contributed by atoms with van der Waals surface area (Å²) >= 11 is 0. The number of aromatic hydroxyl groups is 1. The van der Waals surface area contributed by atoms with Gasteiger partial charge in [-0.25, -0.2) is 4.79 Å². The first-order valence-electron chi connectivity index (χ1n) is 6.58. The van der Waals surface area contributed by atoms with Crippen LogP contribution in [0.3, 0.4) is 0 Å². The number of hydrogen-bond acceptors (Lipinski definition) is 4. The van der Waals surface area contributed by atoms with Crippen LogP contribution in [0.15, 0.2) is 62.2 Å². The van der Waals surface area contributed by atoms with E-state index >= 15 is 0 Å². The number of halogens is 1. The van der Waals surface area contributed by atoms with Crippen LogP contribution in [0, 0.1) is 5.82 Å². The molecule has 1 N–H and O–H groups in total. The maximum atomic E-state index is 13.8. The highest BCUT2D eigenvalue weighted by atomic mass is 19.1. The predicted molar refractivity (Wildman–Crippen MR) is 79.3 cm³/mol. The zero-order chi connectivity index (χ0) is 15.3. The van der Waals surface area contributed by atoms with Gasteiger partial charge in [-0.3, -0.25) is 0 Å². The molecule has 0 aliphatic heterocycles. The number of benzene rings is 2. The van der Waals surface area contributed by atoms with Gasteiger partial charge in [-0.15, -0.1) is 0 Å². The van der Waals surface area contributed by atoms with Crippen molar-refractivity contribution in [2.45, 2.75) is 0 Å². The monoisotopic (exact) mass is 296 g/mol. The van der Waals surface area contributed by atoms with Crippen LogP contribution in [0.1, 0.15) is 0 Å². The van der Waals surface area contributed by atoms with Crippen LogP contribution in [0.25, 0.3) is 33.3 Å². The Labute approximate surface area is 123 Å². The Morgan fingerprint density at radius 1 is 0.955 bits per heavy atom. The fraction of sp³-hybridized carbons (Fsp3) is 0. The van der Waals surface area contributed by atoms with Crippen molar-refractivity contribution in [3.63, 3.8) is 0 Å². The van der Waals surface area contributed by atoms with Gasteiger partial charge in [0.2, 0.25) is 5.82 Å². The molecule has 0 saturated heterocycles. The van der Waals surface area contributed by atoms with Crippen LogP contribution >= 0.6 is 0 Å². The number of furan rings is 1. The van der Waals surface area contributed by atoms with Crippen molar-refractivity contribution in [2.75, 3.05) is 0 Å². The van der Waals surface area contributed by atoms with Gasteiger partial charge >= 0.3 is 5.63 Å². The molecule has 2 aromatic carbocycles. The number of hydrogen-bond donors (Lipinski definition) is 1. The second kappa shape index (κ2) is 4.46. The van der Waals surface area contributed by atoms with E-state index in [9.17, 15) is 14.3 Å². The first-order chi connectivity index (χ1) is 10.6. The van der Waals surface area contributed by atoms with Crippen molar-refractivity contribution < 1.29 is 18.3 Å². The molecule has 0 bridgehead atoms. The molecule has 0 atom stereocenters. The second-order valence-electron chi connectivity index (χ2n) is 4.91. The average Bonchev–Trinajstić information content (AvgIpc) is 2.95. The van der Waals surface area contributed by atoms with Gasteiger partial charge in [-0.05, 0) is 30.3 Å². The van der Waals surface area contributed by atoms with Crippen molar-refractivity contribution in [3.8, 4) is 17.1 Å². The fourth-order valence-electron chi connectivity index (χ4n) is 2.43. The molecule has 4 aromatic rings. The Morgan fingerprint density at radius 2 is 1.77 bits per heavy atom. The highest BCUT2D eigenvalue weighted by molar-refractivity contribution is 5.86. The van der Waals surface area contributed by atoms with E-state index in [-0.39, 0.29) is 11.1 Å². The second-order valence-corrected chi connectivity index (χ2v) is 4.91. The lowest BCUT2D eigenvalue weighted by atomic mass is 10.1. The molecule has 4 nitrogen and oxygen atoms in total. The Hall–Kier alpha value is -3.08. The number of phenols is 1. The summed E-state index contributed by atoms with van der Waals surface area (Å²) in [5.74, 6) is -1.16. The van der Waals surface area contributed by atoms with Gasteiger partial charge in [-0.2, -0.15) is 4.39 Å². The van der Waals surface area contributed by atoms with Crippen molar-refractivity contribution in [1.82, 2.24) is 0 Å². The van der Waals surface area contributed by atoms with Gasteiger partial charge in [0.25, 0.3) is 0 Å². The van der Waals surface area contributed by atoms with E-state index in [0.29, 0.717) is 16.7 Å². The molecule has 0 spiro atoms. The molecule has 0 aliphatic rings. The Kier molecular flexibility index (Phi) is 2.56. The van der Waals surface area contributed by atoms with E-state index in [4.69, 9.17) is 8.83 Å². The van der Waals surface area contributed by atoms with Crippen LogP contribution in [-0.2, 0) is 0 Å². The molecule has 2 aromatic heterocycles. The smallest absolute Gasteiger partial charge is 0.347 e. The van der Waals surface area contributed by atoms with Crippen LogP contribution in [0.5, 0.6) is 5.75 Å². The number of rotatable bonds is 1. The van der Waals surface area contributed by atoms with E-state index in [1.54, 1.807) is 12.1 Å². The van der Waals surface area contributed by atoms with Crippen LogP contribution in [0.2, 0.25) is 0 Å². The van der Waals surface area contributed by atoms with Gasteiger partial charge in [-0.1, -0.05) is 18.2 Å². The van der Waals surface area contributed by atoms with Crippen molar-refractivity contribution in [1.29, 1.82) is 0 Å². The summed E-state index contributed by atoms with van der Waals surface area (Å²) in [5.41, 5.74) is -0.149. The summed E-state index contributed by atoms with van der Waals surface area (Å²) in [6.45, 7) is 0. The SMILES string of the molecule is O=c1oc2c(F)c(O)ccc2cc1-c1cc2ccccc2o1. The predicted octanol–water partition coefficient (Wildman–Crippen LogP) is 4.05. The zero-order valence-electron chi connectivity index (χ0n) is 11.2. The lowest BCUT2D eigenvalue weighted by molar-refractivity contribution is 0.425. The highest BCUT2D eigenvalue weighted by Crippen LogP contribution is 2.30. The lowest BCUT2D eigenvalue weighted by Crippen LogP contribution is -2.02. The summed E-state index contributed by atoms with van der Waals surface area (Å²) in [6.07, 6.45) is 0. The highest BCUT2D eigenvalue weighted by Gasteiger charge is 2.16. The van der Waals surface area contributed by atoms with Gasteiger partial charge in [0.1, 0.15) is 16.9 Å². The fourth-order valence-corrected chi connectivity index (χ4v) is 2.43. The molecule has 0 radical (unpaired) electrons.